The fourth-order valence-electron chi connectivity index (χ4n) is 2.55. The van der Waals surface area contributed by atoms with E-state index < -0.39 is 0 Å². The van der Waals surface area contributed by atoms with E-state index >= 15 is 0 Å². The third-order valence-corrected chi connectivity index (χ3v) is 3.34. The fourth-order valence-corrected chi connectivity index (χ4v) is 2.55. The van der Waals surface area contributed by atoms with E-state index in [-0.39, 0.29) is 23.5 Å². The monoisotopic (exact) mass is 212 g/mol. The second kappa shape index (κ2) is 3.76. The SMILES string of the molecule is CCC1OCCC1C(=O)N1CC(C)(N)C1. The summed E-state index contributed by atoms with van der Waals surface area (Å²) in [6.45, 7) is 6.17. The standard InChI is InChI=1S/C11H20N2O2/c1-3-9-8(4-5-15-9)10(14)13-6-11(2,12)7-13/h8-9H,3-7,12H2,1-2H3. The maximum absolute atomic E-state index is 12.1. The smallest absolute Gasteiger partial charge is 0.228 e. The third-order valence-electron chi connectivity index (χ3n) is 3.34. The van der Waals surface area contributed by atoms with Crippen molar-refractivity contribution in [1.82, 2.24) is 4.90 Å². The van der Waals surface area contributed by atoms with Crippen molar-refractivity contribution in [3.8, 4) is 0 Å². The second-order valence-corrected chi connectivity index (χ2v) is 5.06. The lowest BCUT2D eigenvalue weighted by molar-refractivity contribution is -0.144. The second-order valence-electron chi connectivity index (χ2n) is 5.06. The summed E-state index contributed by atoms with van der Waals surface area (Å²) < 4.78 is 5.53. The summed E-state index contributed by atoms with van der Waals surface area (Å²) >= 11 is 0. The molecule has 0 bridgehead atoms. The number of likely N-dealkylation sites (tertiary alicyclic amines) is 1. The fraction of sp³-hybridized carbons (Fsp3) is 0.909. The Morgan fingerprint density at radius 2 is 2.27 bits per heavy atom. The van der Waals surface area contributed by atoms with E-state index in [0.717, 1.165) is 19.4 Å². The molecular weight excluding hydrogens is 192 g/mol. The lowest BCUT2D eigenvalue weighted by atomic mass is 9.89. The minimum atomic E-state index is -0.170. The molecule has 86 valence electrons. The summed E-state index contributed by atoms with van der Waals surface area (Å²) in [6.07, 6.45) is 1.92. The van der Waals surface area contributed by atoms with Crippen molar-refractivity contribution in [2.24, 2.45) is 11.7 Å². The van der Waals surface area contributed by atoms with Gasteiger partial charge in [0.15, 0.2) is 0 Å². The van der Waals surface area contributed by atoms with Crippen LogP contribution in [0.5, 0.6) is 0 Å². The summed E-state index contributed by atoms with van der Waals surface area (Å²) in [5, 5.41) is 0. The van der Waals surface area contributed by atoms with E-state index in [2.05, 4.69) is 6.92 Å². The van der Waals surface area contributed by atoms with Gasteiger partial charge < -0.3 is 15.4 Å². The molecule has 2 N–H and O–H groups in total. The molecule has 4 nitrogen and oxygen atoms in total. The molecule has 2 fully saturated rings. The number of carbonyl (C=O) groups is 1. The number of carbonyl (C=O) groups excluding carboxylic acids is 1. The molecule has 0 radical (unpaired) electrons. The first-order chi connectivity index (χ1) is 7.03. The maximum atomic E-state index is 12.1. The zero-order valence-corrected chi connectivity index (χ0v) is 9.53. The molecule has 0 saturated carbocycles. The Morgan fingerprint density at radius 1 is 1.60 bits per heavy atom. The van der Waals surface area contributed by atoms with Gasteiger partial charge in [-0.2, -0.15) is 0 Å². The maximum Gasteiger partial charge on any atom is 0.228 e. The van der Waals surface area contributed by atoms with Crippen molar-refractivity contribution >= 4 is 5.91 Å². The highest BCUT2D eigenvalue weighted by Crippen LogP contribution is 2.28. The molecule has 2 heterocycles. The number of hydrogen-bond donors (Lipinski definition) is 1. The van der Waals surface area contributed by atoms with E-state index in [1.807, 2.05) is 11.8 Å². The number of nitrogens with zero attached hydrogens (tertiary/aromatic N) is 1. The van der Waals surface area contributed by atoms with Gasteiger partial charge in [-0.1, -0.05) is 6.92 Å². The molecule has 0 aromatic heterocycles. The van der Waals surface area contributed by atoms with Crippen LogP contribution in [0.3, 0.4) is 0 Å². The molecule has 15 heavy (non-hydrogen) atoms. The van der Waals surface area contributed by atoms with Gasteiger partial charge in [0.2, 0.25) is 5.91 Å². The molecule has 2 aliphatic rings. The Bertz CT molecular complexity index is 257. The first-order valence-electron chi connectivity index (χ1n) is 5.73. The molecule has 0 aromatic rings. The molecule has 2 unspecified atom stereocenters. The number of nitrogens with two attached hydrogens (primary N) is 1. The lowest BCUT2D eigenvalue weighted by Gasteiger charge is -2.46. The molecule has 1 amide bonds. The van der Waals surface area contributed by atoms with Crippen molar-refractivity contribution in [3.63, 3.8) is 0 Å². The first kappa shape index (κ1) is 10.9. The van der Waals surface area contributed by atoms with Crippen molar-refractivity contribution in [2.45, 2.75) is 38.3 Å². The van der Waals surface area contributed by atoms with Gasteiger partial charge in [-0.15, -0.1) is 0 Å². The van der Waals surface area contributed by atoms with Crippen LogP contribution in [0.25, 0.3) is 0 Å². The van der Waals surface area contributed by atoms with Gasteiger partial charge in [-0.25, -0.2) is 0 Å². The van der Waals surface area contributed by atoms with Gasteiger partial charge in [0.25, 0.3) is 0 Å². The van der Waals surface area contributed by atoms with Crippen LogP contribution >= 0.6 is 0 Å². The molecular formula is C11H20N2O2. The van der Waals surface area contributed by atoms with Crippen LogP contribution in [-0.2, 0) is 9.53 Å². The molecule has 0 aliphatic carbocycles. The highest BCUT2D eigenvalue weighted by molar-refractivity contribution is 5.80. The number of amides is 1. The van der Waals surface area contributed by atoms with Gasteiger partial charge >= 0.3 is 0 Å². The highest BCUT2D eigenvalue weighted by Gasteiger charge is 2.43. The molecule has 2 rings (SSSR count). The summed E-state index contributed by atoms with van der Waals surface area (Å²) in [5.74, 6) is 0.313. The van der Waals surface area contributed by atoms with Gasteiger partial charge in [-0.05, 0) is 19.8 Å². The van der Waals surface area contributed by atoms with Crippen LogP contribution in [0.15, 0.2) is 0 Å². The highest BCUT2D eigenvalue weighted by atomic mass is 16.5. The van der Waals surface area contributed by atoms with Crippen molar-refractivity contribution in [3.05, 3.63) is 0 Å². The van der Waals surface area contributed by atoms with Crippen molar-refractivity contribution < 1.29 is 9.53 Å². The quantitative estimate of drug-likeness (QED) is 0.719. The Hall–Kier alpha value is -0.610. The first-order valence-corrected chi connectivity index (χ1v) is 5.73. The molecule has 0 aromatic carbocycles. The van der Waals surface area contributed by atoms with Crippen molar-refractivity contribution in [2.75, 3.05) is 19.7 Å². The largest absolute Gasteiger partial charge is 0.377 e. The average molecular weight is 212 g/mol. The Kier molecular flexibility index (Phi) is 2.73. The van der Waals surface area contributed by atoms with Crippen LogP contribution < -0.4 is 5.73 Å². The van der Waals surface area contributed by atoms with Gasteiger partial charge in [-0.3, -0.25) is 4.79 Å². The normalized spacial score (nSPS) is 33.9. The van der Waals surface area contributed by atoms with Gasteiger partial charge in [0.1, 0.15) is 0 Å². The predicted octanol–water partition coefficient (Wildman–Crippen LogP) is 0.361. The predicted molar refractivity (Wildman–Crippen MR) is 57.3 cm³/mol. The molecule has 4 heteroatoms. The van der Waals surface area contributed by atoms with Crippen LogP contribution in [0.2, 0.25) is 0 Å². The van der Waals surface area contributed by atoms with Crippen molar-refractivity contribution in [1.29, 1.82) is 0 Å². The third kappa shape index (κ3) is 2.01. The van der Waals surface area contributed by atoms with Crippen LogP contribution in [0, 0.1) is 5.92 Å². The minimum absolute atomic E-state index is 0.0751. The summed E-state index contributed by atoms with van der Waals surface area (Å²) in [6, 6.07) is 0. The topological polar surface area (TPSA) is 55.6 Å². The Balaban J connectivity index is 1.91. The zero-order chi connectivity index (χ0) is 11.1. The van der Waals surface area contributed by atoms with Crippen LogP contribution in [-0.4, -0.2) is 42.1 Å². The molecule has 2 saturated heterocycles. The summed E-state index contributed by atoms with van der Waals surface area (Å²) in [5.41, 5.74) is 5.72. The van der Waals surface area contributed by atoms with Crippen LogP contribution in [0.1, 0.15) is 26.7 Å². The Labute approximate surface area is 90.8 Å². The molecule has 2 atom stereocenters. The van der Waals surface area contributed by atoms with E-state index in [1.165, 1.54) is 0 Å². The van der Waals surface area contributed by atoms with Crippen LogP contribution in [0.4, 0.5) is 0 Å². The molecule has 0 spiro atoms. The molecule has 2 aliphatic heterocycles. The summed E-state index contributed by atoms with van der Waals surface area (Å²) in [7, 11) is 0. The number of ether oxygens (including phenoxy) is 1. The van der Waals surface area contributed by atoms with E-state index in [0.29, 0.717) is 13.1 Å². The Morgan fingerprint density at radius 3 is 2.80 bits per heavy atom. The lowest BCUT2D eigenvalue weighted by Crippen LogP contribution is -2.67. The van der Waals surface area contributed by atoms with E-state index in [4.69, 9.17) is 10.5 Å². The number of hydrogen-bond acceptors (Lipinski definition) is 3. The average Bonchev–Trinajstić information content (AvgIpc) is 2.60. The van der Waals surface area contributed by atoms with E-state index in [1.54, 1.807) is 0 Å². The van der Waals surface area contributed by atoms with E-state index in [9.17, 15) is 4.79 Å². The van der Waals surface area contributed by atoms with Gasteiger partial charge in [0.05, 0.1) is 12.0 Å². The summed E-state index contributed by atoms with van der Waals surface area (Å²) in [4.78, 5) is 13.9. The minimum Gasteiger partial charge on any atom is -0.377 e. The zero-order valence-electron chi connectivity index (χ0n) is 9.53. The number of rotatable bonds is 2. The van der Waals surface area contributed by atoms with Gasteiger partial charge in [0, 0.05) is 25.2 Å².